The molecule has 2 heteroatoms. The average Bonchev–Trinajstić information content (AvgIpc) is 1.87. The van der Waals surface area contributed by atoms with Crippen molar-refractivity contribution in [2.24, 2.45) is 5.92 Å². The minimum atomic E-state index is -0.218. The average molecular weight is 156 g/mol. The predicted molar refractivity (Wildman–Crippen MR) is 45.2 cm³/mol. The van der Waals surface area contributed by atoms with E-state index in [0.717, 1.165) is 0 Å². The Morgan fingerprint density at radius 3 is 2.36 bits per heavy atom. The molecular weight excluding hydrogens is 140 g/mol. The zero-order valence-electron chi connectivity index (χ0n) is 7.68. The molecule has 0 atom stereocenters. The molecule has 0 spiro atoms. The molecule has 0 bridgehead atoms. The Balaban J connectivity index is 3.81. The van der Waals surface area contributed by atoms with Crippen molar-refractivity contribution < 1.29 is 9.53 Å². The molecule has 0 aliphatic heterocycles. The molecule has 11 heavy (non-hydrogen) atoms. The van der Waals surface area contributed by atoms with Crippen molar-refractivity contribution in [1.82, 2.24) is 0 Å². The highest BCUT2D eigenvalue weighted by molar-refractivity contribution is 5.66. The van der Waals surface area contributed by atoms with Crippen LogP contribution in [0.15, 0.2) is 11.6 Å². The molecule has 0 radical (unpaired) electrons. The molecule has 0 aromatic heterocycles. The number of rotatable bonds is 3. The summed E-state index contributed by atoms with van der Waals surface area (Å²) < 4.78 is 4.85. The van der Waals surface area contributed by atoms with Gasteiger partial charge in [0.25, 0.3) is 0 Å². The molecule has 0 fully saturated rings. The van der Waals surface area contributed by atoms with Crippen LogP contribution in [0, 0.1) is 5.92 Å². The molecule has 2 nitrogen and oxygen atoms in total. The first kappa shape index (κ1) is 10.2. The third-order valence-corrected chi connectivity index (χ3v) is 1.55. The van der Waals surface area contributed by atoms with Gasteiger partial charge in [-0.15, -0.1) is 0 Å². The number of carbonyl (C=O) groups is 1. The highest BCUT2D eigenvalue weighted by Gasteiger charge is 2.02. The third-order valence-electron chi connectivity index (χ3n) is 1.55. The van der Waals surface area contributed by atoms with Crippen LogP contribution in [0.25, 0.3) is 0 Å². The Kier molecular flexibility index (Phi) is 4.59. The second-order valence-corrected chi connectivity index (χ2v) is 2.80. The van der Waals surface area contributed by atoms with E-state index >= 15 is 0 Å². The van der Waals surface area contributed by atoms with Gasteiger partial charge >= 0.3 is 5.97 Å². The molecule has 0 N–H and O–H groups in total. The molecule has 64 valence electrons. The van der Waals surface area contributed by atoms with Crippen LogP contribution in [0.2, 0.25) is 0 Å². The van der Waals surface area contributed by atoms with E-state index in [0.29, 0.717) is 12.5 Å². The third kappa shape index (κ3) is 4.59. The van der Waals surface area contributed by atoms with Gasteiger partial charge in [-0.25, -0.2) is 0 Å². The van der Waals surface area contributed by atoms with Gasteiger partial charge in [0.1, 0.15) is 6.61 Å². The Morgan fingerprint density at radius 1 is 1.55 bits per heavy atom. The maximum absolute atomic E-state index is 10.4. The summed E-state index contributed by atoms with van der Waals surface area (Å²) in [6, 6.07) is 0. The van der Waals surface area contributed by atoms with Gasteiger partial charge in [-0.05, 0) is 18.4 Å². The number of ether oxygens (including phenoxy) is 1. The van der Waals surface area contributed by atoms with Crippen molar-refractivity contribution >= 4 is 5.97 Å². The molecule has 0 heterocycles. The maximum Gasteiger partial charge on any atom is 0.302 e. The standard InChI is InChI=1S/C9H16O2/c1-5-9(7(2)3)6-11-8(4)10/h5,7H,6H2,1-4H3. The van der Waals surface area contributed by atoms with Gasteiger partial charge < -0.3 is 4.74 Å². The Bertz CT molecular complexity index is 157. The van der Waals surface area contributed by atoms with Crippen molar-refractivity contribution in [2.45, 2.75) is 27.7 Å². The highest BCUT2D eigenvalue weighted by atomic mass is 16.5. The van der Waals surface area contributed by atoms with Crippen LogP contribution in [-0.4, -0.2) is 12.6 Å². The van der Waals surface area contributed by atoms with E-state index in [4.69, 9.17) is 4.74 Å². The maximum atomic E-state index is 10.4. The summed E-state index contributed by atoms with van der Waals surface area (Å²) in [7, 11) is 0. The largest absolute Gasteiger partial charge is 0.461 e. The normalized spacial score (nSPS) is 11.9. The molecule has 0 rings (SSSR count). The number of carbonyl (C=O) groups excluding carboxylic acids is 1. The molecule has 0 amide bonds. The van der Waals surface area contributed by atoms with Crippen LogP contribution in [0.1, 0.15) is 27.7 Å². The van der Waals surface area contributed by atoms with Gasteiger partial charge in [-0.3, -0.25) is 4.79 Å². The monoisotopic (exact) mass is 156 g/mol. The summed E-state index contributed by atoms with van der Waals surface area (Å²) in [5.74, 6) is 0.240. The summed E-state index contributed by atoms with van der Waals surface area (Å²) >= 11 is 0. The fourth-order valence-electron chi connectivity index (χ4n) is 0.768. The Labute approximate surface area is 68.2 Å². The summed E-state index contributed by atoms with van der Waals surface area (Å²) in [5, 5.41) is 0. The number of hydrogen-bond donors (Lipinski definition) is 0. The number of allylic oxidation sites excluding steroid dienone is 1. The van der Waals surface area contributed by atoms with E-state index in [9.17, 15) is 4.79 Å². The van der Waals surface area contributed by atoms with Gasteiger partial charge in [-0.1, -0.05) is 19.9 Å². The van der Waals surface area contributed by atoms with E-state index in [1.807, 2.05) is 13.0 Å². The SMILES string of the molecule is CC=C(COC(C)=O)C(C)C. The van der Waals surface area contributed by atoms with Crippen LogP contribution >= 0.6 is 0 Å². The molecule has 0 saturated carbocycles. The first-order valence-corrected chi connectivity index (χ1v) is 3.86. The summed E-state index contributed by atoms with van der Waals surface area (Å²) in [5.41, 5.74) is 1.17. The van der Waals surface area contributed by atoms with Crippen LogP contribution in [0.5, 0.6) is 0 Å². The van der Waals surface area contributed by atoms with Crippen molar-refractivity contribution in [3.05, 3.63) is 11.6 Å². The Hall–Kier alpha value is -0.790. The quantitative estimate of drug-likeness (QED) is 0.462. The molecule has 0 unspecified atom stereocenters. The fourth-order valence-corrected chi connectivity index (χ4v) is 0.768. The van der Waals surface area contributed by atoms with E-state index < -0.39 is 0 Å². The minimum absolute atomic E-state index is 0.218. The smallest absolute Gasteiger partial charge is 0.302 e. The lowest BCUT2D eigenvalue weighted by Crippen LogP contribution is -2.07. The lowest BCUT2D eigenvalue weighted by molar-refractivity contribution is -0.140. The molecule has 0 aromatic carbocycles. The van der Waals surface area contributed by atoms with Crippen molar-refractivity contribution in [3.8, 4) is 0 Å². The van der Waals surface area contributed by atoms with Crippen molar-refractivity contribution in [2.75, 3.05) is 6.61 Å². The van der Waals surface area contributed by atoms with E-state index in [-0.39, 0.29) is 5.97 Å². The first-order chi connectivity index (χ1) is 5.07. The molecule has 0 aliphatic rings. The summed E-state index contributed by atoms with van der Waals surface area (Å²) in [6.07, 6.45) is 1.99. The predicted octanol–water partition coefficient (Wildman–Crippen LogP) is 2.15. The highest BCUT2D eigenvalue weighted by Crippen LogP contribution is 2.08. The lowest BCUT2D eigenvalue weighted by atomic mass is 10.0. The zero-order valence-corrected chi connectivity index (χ0v) is 7.68. The van der Waals surface area contributed by atoms with Crippen molar-refractivity contribution in [3.63, 3.8) is 0 Å². The molecule has 0 aromatic rings. The van der Waals surface area contributed by atoms with Gasteiger partial charge in [-0.2, -0.15) is 0 Å². The molecule has 0 saturated heterocycles. The summed E-state index contributed by atoms with van der Waals surface area (Å²) in [6.45, 7) is 7.98. The lowest BCUT2D eigenvalue weighted by Gasteiger charge is -2.09. The molecular formula is C9H16O2. The molecule has 0 aliphatic carbocycles. The zero-order chi connectivity index (χ0) is 8.85. The fraction of sp³-hybridized carbons (Fsp3) is 0.667. The van der Waals surface area contributed by atoms with E-state index in [1.54, 1.807) is 0 Å². The van der Waals surface area contributed by atoms with E-state index in [1.165, 1.54) is 12.5 Å². The second kappa shape index (κ2) is 4.94. The van der Waals surface area contributed by atoms with Crippen LogP contribution in [0.4, 0.5) is 0 Å². The number of hydrogen-bond acceptors (Lipinski definition) is 2. The van der Waals surface area contributed by atoms with Gasteiger partial charge in [0, 0.05) is 6.92 Å². The van der Waals surface area contributed by atoms with Crippen LogP contribution in [-0.2, 0) is 9.53 Å². The first-order valence-electron chi connectivity index (χ1n) is 3.86. The minimum Gasteiger partial charge on any atom is -0.461 e. The second-order valence-electron chi connectivity index (χ2n) is 2.80. The van der Waals surface area contributed by atoms with Crippen LogP contribution < -0.4 is 0 Å². The van der Waals surface area contributed by atoms with Gasteiger partial charge in [0.05, 0.1) is 0 Å². The van der Waals surface area contributed by atoms with Gasteiger partial charge in [0.15, 0.2) is 0 Å². The van der Waals surface area contributed by atoms with Gasteiger partial charge in [0.2, 0.25) is 0 Å². The topological polar surface area (TPSA) is 26.3 Å². The summed E-state index contributed by atoms with van der Waals surface area (Å²) in [4.78, 5) is 10.4. The van der Waals surface area contributed by atoms with E-state index in [2.05, 4.69) is 13.8 Å². The van der Waals surface area contributed by atoms with Crippen LogP contribution in [0.3, 0.4) is 0 Å². The number of esters is 1. The Morgan fingerprint density at radius 2 is 2.09 bits per heavy atom. The van der Waals surface area contributed by atoms with Crippen molar-refractivity contribution in [1.29, 1.82) is 0 Å².